The van der Waals surface area contributed by atoms with Gasteiger partial charge in [0.1, 0.15) is 0 Å². The second kappa shape index (κ2) is 5.92. The number of nitrogens with one attached hydrogen (secondary N) is 1. The molecule has 17 heavy (non-hydrogen) atoms. The topological polar surface area (TPSA) is 41.3 Å². The van der Waals surface area contributed by atoms with Crippen LogP contribution in [0.15, 0.2) is 24.3 Å². The van der Waals surface area contributed by atoms with Crippen LogP contribution in [0.25, 0.3) is 0 Å². The molecule has 0 aromatic heterocycles. The molecule has 1 fully saturated rings. The SMILES string of the molecule is CN1CCC(CCNc2ccccc2N)CC1. The van der Waals surface area contributed by atoms with E-state index in [0.29, 0.717) is 0 Å². The summed E-state index contributed by atoms with van der Waals surface area (Å²) in [5, 5.41) is 3.43. The van der Waals surface area contributed by atoms with Gasteiger partial charge >= 0.3 is 0 Å². The van der Waals surface area contributed by atoms with E-state index in [4.69, 9.17) is 5.73 Å². The van der Waals surface area contributed by atoms with E-state index in [9.17, 15) is 0 Å². The lowest BCUT2D eigenvalue weighted by Crippen LogP contribution is -2.30. The highest BCUT2D eigenvalue weighted by molar-refractivity contribution is 5.65. The summed E-state index contributed by atoms with van der Waals surface area (Å²) in [6.07, 6.45) is 3.92. The third-order valence-corrected chi connectivity index (χ3v) is 3.67. The Morgan fingerprint density at radius 1 is 1.29 bits per heavy atom. The van der Waals surface area contributed by atoms with Gasteiger partial charge in [0, 0.05) is 6.54 Å². The molecule has 0 amide bonds. The molecule has 1 aromatic carbocycles. The zero-order valence-corrected chi connectivity index (χ0v) is 10.7. The number of para-hydroxylation sites is 2. The summed E-state index contributed by atoms with van der Waals surface area (Å²) in [5.74, 6) is 0.878. The largest absolute Gasteiger partial charge is 0.397 e. The molecule has 1 aliphatic rings. The molecule has 3 N–H and O–H groups in total. The molecule has 0 bridgehead atoms. The Kier molecular flexibility index (Phi) is 4.26. The van der Waals surface area contributed by atoms with Gasteiger partial charge in [-0.3, -0.25) is 0 Å². The molecule has 0 aliphatic carbocycles. The maximum Gasteiger partial charge on any atom is 0.0573 e. The minimum Gasteiger partial charge on any atom is -0.397 e. The van der Waals surface area contributed by atoms with Crippen LogP contribution in [0.3, 0.4) is 0 Å². The number of hydrogen-bond donors (Lipinski definition) is 2. The zero-order valence-electron chi connectivity index (χ0n) is 10.7. The molecule has 0 spiro atoms. The molecule has 1 aliphatic heterocycles. The van der Waals surface area contributed by atoms with Crippen molar-refractivity contribution in [2.24, 2.45) is 5.92 Å². The summed E-state index contributed by atoms with van der Waals surface area (Å²) >= 11 is 0. The van der Waals surface area contributed by atoms with Crippen LogP contribution >= 0.6 is 0 Å². The summed E-state index contributed by atoms with van der Waals surface area (Å²) < 4.78 is 0. The van der Waals surface area contributed by atoms with E-state index in [2.05, 4.69) is 17.3 Å². The van der Waals surface area contributed by atoms with Crippen molar-refractivity contribution in [2.75, 3.05) is 37.7 Å². The van der Waals surface area contributed by atoms with E-state index < -0.39 is 0 Å². The van der Waals surface area contributed by atoms with Gasteiger partial charge in [-0.25, -0.2) is 0 Å². The zero-order chi connectivity index (χ0) is 12.1. The van der Waals surface area contributed by atoms with E-state index >= 15 is 0 Å². The minimum atomic E-state index is 0.843. The smallest absolute Gasteiger partial charge is 0.0573 e. The van der Waals surface area contributed by atoms with Crippen molar-refractivity contribution in [1.82, 2.24) is 4.90 Å². The number of rotatable bonds is 4. The number of hydrogen-bond acceptors (Lipinski definition) is 3. The van der Waals surface area contributed by atoms with Crippen LogP contribution in [0, 0.1) is 5.92 Å². The Morgan fingerprint density at radius 2 is 2.00 bits per heavy atom. The highest BCUT2D eigenvalue weighted by Gasteiger charge is 2.15. The molecule has 0 radical (unpaired) electrons. The Bertz CT molecular complexity index is 343. The molecule has 3 nitrogen and oxygen atoms in total. The molecular weight excluding hydrogens is 210 g/mol. The molecular formula is C14H23N3. The second-order valence-electron chi connectivity index (χ2n) is 5.05. The summed E-state index contributed by atoms with van der Waals surface area (Å²) in [5.41, 5.74) is 7.80. The fourth-order valence-electron chi connectivity index (χ4n) is 2.42. The first-order chi connectivity index (χ1) is 8.25. The van der Waals surface area contributed by atoms with Crippen molar-refractivity contribution < 1.29 is 0 Å². The van der Waals surface area contributed by atoms with Crippen LogP contribution in [-0.2, 0) is 0 Å². The minimum absolute atomic E-state index is 0.843. The van der Waals surface area contributed by atoms with E-state index in [1.54, 1.807) is 0 Å². The average molecular weight is 233 g/mol. The molecule has 0 saturated carbocycles. The third kappa shape index (κ3) is 3.63. The Labute approximate surface area is 104 Å². The van der Waals surface area contributed by atoms with Crippen LogP contribution < -0.4 is 11.1 Å². The lowest BCUT2D eigenvalue weighted by Gasteiger charge is -2.29. The summed E-state index contributed by atoms with van der Waals surface area (Å²) in [6.45, 7) is 3.53. The maximum atomic E-state index is 5.89. The number of benzene rings is 1. The number of piperidine rings is 1. The Balaban J connectivity index is 1.71. The van der Waals surface area contributed by atoms with Crippen LogP contribution in [0.4, 0.5) is 11.4 Å². The van der Waals surface area contributed by atoms with Gasteiger partial charge in [0.2, 0.25) is 0 Å². The van der Waals surface area contributed by atoms with Crippen molar-refractivity contribution in [3.63, 3.8) is 0 Å². The number of anilines is 2. The van der Waals surface area contributed by atoms with Gasteiger partial charge in [0.05, 0.1) is 11.4 Å². The summed E-state index contributed by atoms with van der Waals surface area (Å²) in [6, 6.07) is 7.98. The maximum absolute atomic E-state index is 5.89. The molecule has 1 heterocycles. The molecule has 1 aromatic rings. The van der Waals surface area contributed by atoms with Gasteiger partial charge in [-0.1, -0.05) is 12.1 Å². The normalized spacial score (nSPS) is 18.2. The predicted octanol–water partition coefficient (Wildman–Crippen LogP) is 2.41. The number of nitrogens with zero attached hydrogens (tertiary/aromatic N) is 1. The first-order valence-electron chi connectivity index (χ1n) is 6.52. The fourth-order valence-corrected chi connectivity index (χ4v) is 2.42. The average Bonchev–Trinajstić information content (AvgIpc) is 2.34. The van der Waals surface area contributed by atoms with E-state index in [1.165, 1.54) is 32.4 Å². The first kappa shape index (κ1) is 12.2. The number of likely N-dealkylation sites (tertiary alicyclic amines) is 1. The Morgan fingerprint density at radius 3 is 2.71 bits per heavy atom. The van der Waals surface area contributed by atoms with Crippen LogP contribution in [-0.4, -0.2) is 31.6 Å². The van der Waals surface area contributed by atoms with Gasteiger partial charge in [0.25, 0.3) is 0 Å². The van der Waals surface area contributed by atoms with Gasteiger partial charge in [0.15, 0.2) is 0 Å². The van der Waals surface area contributed by atoms with E-state index in [0.717, 1.165) is 23.8 Å². The molecule has 1 saturated heterocycles. The lowest BCUT2D eigenvalue weighted by molar-refractivity contribution is 0.215. The monoisotopic (exact) mass is 233 g/mol. The highest BCUT2D eigenvalue weighted by atomic mass is 15.1. The van der Waals surface area contributed by atoms with Crippen molar-refractivity contribution in [2.45, 2.75) is 19.3 Å². The second-order valence-corrected chi connectivity index (χ2v) is 5.05. The van der Waals surface area contributed by atoms with E-state index in [-0.39, 0.29) is 0 Å². The molecule has 3 heteroatoms. The molecule has 0 atom stereocenters. The van der Waals surface area contributed by atoms with Crippen molar-refractivity contribution >= 4 is 11.4 Å². The Hall–Kier alpha value is -1.22. The molecule has 0 unspecified atom stereocenters. The number of nitrogen functional groups attached to an aromatic ring is 1. The molecule has 94 valence electrons. The van der Waals surface area contributed by atoms with Crippen LogP contribution in [0.5, 0.6) is 0 Å². The summed E-state index contributed by atoms with van der Waals surface area (Å²) in [7, 11) is 2.21. The third-order valence-electron chi connectivity index (χ3n) is 3.67. The van der Waals surface area contributed by atoms with Gasteiger partial charge in [-0.15, -0.1) is 0 Å². The van der Waals surface area contributed by atoms with Gasteiger partial charge < -0.3 is 16.0 Å². The quantitative estimate of drug-likeness (QED) is 0.785. The van der Waals surface area contributed by atoms with Gasteiger partial charge in [-0.05, 0) is 57.5 Å². The standard InChI is InChI=1S/C14H23N3/c1-17-10-7-12(8-11-17)6-9-16-14-5-3-2-4-13(14)15/h2-5,12,16H,6-11,15H2,1H3. The predicted molar refractivity (Wildman–Crippen MR) is 74.2 cm³/mol. The van der Waals surface area contributed by atoms with Crippen molar-refractivity contribution in [1.29, 1.82) is 0 Å². The lowest BCUT2D eigenvalue weighted by atomic mass is 9.94. The first-order valence-corrected chi connectivity index (χ1v) is 6.52. The summed E-state index contributed by atoms with van der Waals surface area (Å²) in [4.78, 5) is 2.42. The molecule has 2 rings (SSSR count). The van der Waals surface area contributed by atoms with E-state index in [1.807, 2.05) is 24.3 Å². The van der Waals surface area contributed by atoms with Crippen molar-refractivity contribution in [3.05, 3.63) is 24.3 Å². The van der Waals surface area contributed by atoms with Crippen molar-refractivity contribution in [3.8, 4) is 0 Å². The van der Waals surface area contributed by atoms with Crippen LogP contribution in [0.1, 0.15) is 19.3 Å². The highest BCUT2D eigenvalue weighted by Crippen LogP contribution is 2.21. The fraction of sp³-hybridized carbons (Fsp3) is 0.571. The number of nitrogens with two attached hydrogens (primary N) is 1. The van der Waals surface area contributed by atoms with Crippen LogP contribution in [0.2, 0.25) is 0 Å². The van der Waals surface area contributed by atoms with Gasteiger partial charge in [-0.2, -0.15) is 0 Å².